The van der Waals surface area contributed by atoms with Crippen LogP contribution < -0.4 is 5.32 Å². The third-order valence-corrected chi connectivity index (χ3v) is 2.85. The van der Waals surface area contributed by atoms with Gasteiger partial charge < -0.3 is 10.1 Å². The van der Waals surface area contributed by atoms with E-state index in [0.717, 1.165) is 19.4 Å². The minimum Gasteiger partial charge on any atom is -0.375 e. The van der Waals surface area contributed by atoms with E-state index < -0.39 is 0 Å². The molecular formula is C11H19N3O. The molecule has 2 rings (SSSR count). The molecule has 0 aliphatic carbocycles. The zero-order valence-electron chi connectivity index (χ0n) is 9.36. The van der Waals surface area contributed by atoms with Crippen molar-refractivity contribution < 1.29 is 4.74 Å². The van der Waals surface area contributed by atoms with Crippen LogP contribution in [-0.2, 0) is 11.3 Å². The minimum absolute atomic E-state index is 0.371. The van der Waals surface area contributed by atoms with Crippen LogP contribution in [0.4, 0.5) is 0 Å². The summed E-state index contributed by atoms with van der Waals surface area (Å²) in [7, 11) is 0. The highest BCUT2D eigenvalue weighted by Crippen LogP contribution is 2.19. The third kappa shape index (κ3) is 3.04. The fourth-order valence-corrected chi connectivity index (χ4v) is 2.21. The van der Waals surface area contributed by atoms with Crippen LogP contribution in [0.25, 0.3) is 0 Å². The van der Waals surface area contributed by atoms with Crippen molar-refractivity contribution in [3.05, 3.63) is 18.0 Å². The van der Waals surface area contributed by atoms with Gasteiger partial charge in [-0.3, -0.25) is 5.10 Å². The summed E-state index contributed by atoms with van der Waals surface area (Å²) in [6, 6.07) is 0.568. The zero-order chi connectivity index (χ0) is 10.7. The summed E-state index contributed by atoms with van der Waals surface area (Å²) in [5, 5.41) is 10.3. The number of hydrogen-bond donors (Lipinski definition) is 2. The molecule has 1 fully saturated rings. The maximum Gasteiger partial charge on any atom is 0.0565 e. The highest BCUT2D eigenvalue weighted by Gasteiger charge is 2.23. The molecule has 0 amide bonds. The Morgan fingerprint density at radius 3 is 2.80 bits per heavy atom. The molecule has 15 heavy (non-hydrogen) atoms. The van der Waals surface area contributed by atoms with E-state index >= 15 is 0 Å². The van der Waals surface area contributed by atoms with Crippen LogP contribution >= 0.6 is 0 Å². The number of nitrogens with zero attached hydrogens (tertiary/aromatic N) is 1. The lowest BCUT2D eigenvalue weighted by Crippen LogP contribution is -2.40. The van der Waals surface area contributed by atoms with E-state index in [1.165, 1.54) is 5.56 Å². The fraction of sp³-hybridized carbons (Fsp3) is 0.727. The Hall–Kier alpha value is -0.870. The molecule has 0 aromatic carbocycles. The lowest BCUT2D eigenvalue weighted by molar-refractivity contribution is -0.0422. The average Bonchev–Trinajstić information content (AvgIpc) is 2.65. The molecule has 2 unspecified atom stereocenters. The van der Waals surface area contributed by atoms with Crippen molar-refractivity contribution >= 4 is 0 Å². The van der Waals surface area contributed by atoms with Gasteiger partial charge in [-0.15, -0.1) is 0 Å². The minimum atomic E-state index is 0.371. The molecule has 1 aliphatic rings. The van der Waals surface area contributed by atoms with Gasteiger partial charge in [0.25, 0.3) is 0 Å². The van der Waals surface area contributed by atoms with Gasteiger partial charge >= 0.3 is 0 Å². The first-order valence-electron chi connectivity index (χ1n) is 5.60. The Balaban J connectivity index is 1.79. The van der Waals surface area contributed by atoms with Gasteiger partial charge in [0, 0.05) is 24.3 Å². The zero-order valence-corrected chi connectivity index (χ0v) is 9.36. The molecule has 0 spiro atoms. The quantitative estimate of drug-likeness (QED) is 0.792. The molecule has 4 heteroatoms. The summed E-state index contributed by atoms with van der Waals surface area (Å²) in [6.07, 6.45) is 6.73. The molecule has 2 heterocycles. The molecule has 2 atom stereocenters. The first kappa shape index (κ1) is 10.6. The smallest absolute Gasteiger partial charge is 0.0565 e. The van der Waals surface area contributed by atoms with Crippen molar-refractivity contribution in [2.24, 2.45) is 0 Å². The van der Waals surface area contributed by atoms with E-state index in [1.54, 1.807) is 0 Å². The van der Waals surface area contributed by atoms with Crippen molar-refractivity contribution in [2.45, 2.75) is 51.5 Å². The molecule has 2 N–H and O–H groups in total. The van der Waals surface area contributed by atoms with Crippen LogP contribution in [0.3, 0.4) is 0 Å². The molecule has 0 radical (unpaired) electrons. The fourth-order valence-electron chi connectivity index (χ4n) is 2.21. The number of H-pyrrole nitrogens is 1. The lowest BCUT2D eigenvalue weighted by atomic mass is 10.00. The third-order valence-electron chi connectivity index (χ3n) is 2.85. The normalized spacial score (nSPS) is 31.7. The second kappa shape index (κ2) is 4.77. The molecule has 1 aromatic heterocycles. The van der Waals surface area contributed by atoms with E-state index in [9.17, 15) is 0 Å². The van der Waals surface area contributed by atoms with E-state index in [-0.39, 0.29) is 0 Å². The molecule has 1 aliphatic heterocycles. The van der Waals surface area contributed by atoms with Gasteiger partial charge in [0.15, 0.2) is 0 Å². The molecule has 1 saturated heterocycles. The predicted molar refractivity (Wildman–Crippen MR) is 58.5 cm³/mol. The number of rotatable bonds is 3. The van der Waals surface area contributed by atoms with Gasteiger partial charge in [-0.25, -0.2) is 0 Å². The Labute approximate surface area is 90.4 Å². The van der Waals surface area contributed by atoms with Gasteiger partial charge in [-0.2, -0.15) is 5.10 Å². The molecule has 0 saturated carbocycles. The topological polar surface area (TPSA) is 49.9 Å². The van der Waals surface area contributed by atoms with E-state index in [2.05, 4.69) is 29.4 Å². The van der Waals surface area contributed by atoms with Crippen LogP contribution in [0.1, 0.15) is 32.3 Å². The van der Waals surface area contributed by atoms with Crippen LogP contribution in [0, 0.1) is 0 Å². The first-order chi connectivity index (χ1) is 7.24. The highest BCUT2D eigenvalue weighted by atomic mass is 16.5. The van der Waals surface area contributed by atoms with Gasteiger partial charge in [0.05, 0.1) is 18.4 Å². The Kier molecular flexibility index (Phi) is 3.38. The van der Waals surface area contributed by atoms with Crippen LogP contribution in [0.2, 0.25) is 0 Å². The van der Waals surface area contributed by atoms with Crippen LogP contribution in [-0.4, -0.2) is 28.4 Å². The monoisotopic (exact) mass is 209 g/mol. The number of aromatic amines is 1. The van der Waals surface area contributed by atoms with Crippen molar-refractivity contribution in [2.75, 3.05) is 0 Å². The van der Waals surface area contributed by atoms with Crippen molar-refractivity contribution in [1.29, 1.82) is 0 Å². The summed E-state index contributed by atoms with van der Waals surface area (Å²) in [6.45, 7) is 5.17. The molecular weight excluding hydrogens is 190 g/mol. The number of hydrogen-bond acceptors (Lipinski definition) is 3. The van der Waals surface area contributed by atoms with E-state index in [0.29, 0.717) is 18.2 Å². The van der Waals surface area contributed by atoms with Crippen LogP contribution in [0.15, 0.2) is 12.4 Å². The Morgan fingerprint density at radius 2 is 2.20 bits per heavy atom. The van der Waals surface area contributed by atoms with Crippen molar-refractivity contribution in [3.63, 3.8) is 0 Å². The van der Waals surface area contributed by atoms with Gasteiger partial charge in [0.1, 0.15) is 0 Å². The van der Waals surface area contributed by atoms with Crippen molar-refractivity contribution in [3.8, 4) is 0 Å². The number of aromatic nitrogens is 2. The second-order valence-electron chi connectivity index (χ2n) is 4.41. The summed E-state index contributed by atoms with van der Waals surface area (Å²) < 4.78 is 5.69. The average molecular weight is 209 g/mol. The Bertz CT molecular complexity index is 276. The highest BCUT2D eigenvalue weighted by molar-refractivity contribution is 5.02. The number of nitrogens with one attached hydrogen (secondary N) is 2. The summed E-state index contributed by atoms with van der Waals surface area (Å²) in [5.74, 6) is 0. The SMILES string of the molecule is CC1CC(NCc2cn[nH]c2)CC(C)O1. The van der Waals surface area contributed by atoms with E-state index in [1.807, 2.05) is 12.4 Å². The molecule has 4 nitrogen and oxygen atoms in total. The maximum absolute atomic E-state index is 5.69. The van der Waals surface area contributed by atoms with Gasteiger partial charge in [0.2, 0.25) is 0 Å². The number of ether oxygens (including phenoxy) is 1. The molecule has 0 bridgehead atoms. The molecule has 1 aromatic rings. The van der Waals surface area contributed by atoms with Gasteiger partial charge in [-0.05, 0) is 26.7 Å². The van der Waals surface area contributed by atoms with Crippen molar-refractivity contribution in [1.82, 2.24) is 15.5 Å². The second-order valence-corrected chi connectivity index (χ2v) is 4.41. The van der Waals surface area contributed by atoms with Crippen LogP contribution in [0.5, 0.6) is 0 Å². The summed E-state index contributed by atoms with van der Waals surface area (Å²) in [4.78, 5) is 0. The van der Waals surface area contributed by atoms with Gasteiger partial charge in [-0.1, -0.05) is 0 Å². The predicted octanol–water partition coefficient (Wildman–Crippen LogP) is 1.46. The van der Waals surface area contributed by atoms with E-state index in [4.69, 9.17) is 4.74 Å². The molecule has 84 valence electrons. The largest absolute Gasteiger partial charge is 0.375 e. The lowest BCUT2D eigenvalue weighted by Gasteiger charge is -2.32. The maximum atomic E-state index is 5.69. The summed E-state index contributed by atoms with van der Waals surface area (Å²) in [5.41, 5.74) is 1.21. The Morgan fingerprint density at radius 1 is 1.47 bits per heavy atom. The first-order valence-corrected chi connectivity index (χ1v) is 5.60. The standard InChI is InChI=1S/C11H19N3O/c1-8-3-11(4-9(2)15-8)12-5-10-6-13-14-7-10/h6-9,11-12H,3-5H2,1-2H3,(H,13,14). The summed E-state index contributed by atoms with van der Waals surface area (Å²) >= 11 is 0.